The van der Waals surface area contributed by atoms with Gasteiger partial charge >= 0.3 is 0 Å². The number of aliphatic hydroxyl groups is 1. The number of hydrogen-bond donors (Lipinski definition) is 2. The smallest absolute Gasteiger partial charge is 0.144 e. The van der Waals surface area contributed by atoms with Crippen LogP contribution < -0.4 is 5.32 Å². The molecule has 118 valence electrons. The van der Waals surface area contributed by atoms with Crippen molar-refractivity contribution in [2.75, 3.05) is 13.2 Å². The van der Waals surface area contributed by atoms with Gasteiger partial charge in [0.1, 0.15) is 23.1 Å². The van der Waals surface area contributed by atoms with Gasteiger partial charge in [-0.15, -0.1) is 0 Å². The summed E-state index contributed by atoms with van der Waals surface area (Å²) in [7, 11) is 0. The molecule has 0 spiro atoms. The minimum atomic E-state index is -1.28. The maximum Gasteiger partial charge on any atom is 0.144 e. The second-order valence-electron chi connectivity index (χ2n) is 5.12. The Kier molecular flexibility index (Phi) is 4.47. The summed E-state index contributed by atoms with van der Waals surface area (Å²) in [4.78, 5) is 0. The van der Waals surface area contributed by atoms with Crippen LogP contribution >= 0.6 is 0 Å². The summed E-state index contributed by atoms with van der Waals surface area (Å²) in [5.41, 5.74) is 1.27. The Balaban J connectivity index is 1.60. The number of rotatable bonds is 5. The standard InChI is InChI=1S/C15H16F2N2O3/c16-10-2-1-3-11(17)15(10)13(20)7-18-6-12-9-8-21-5-4-14(9)22-19-12/h1-3,13,18,20H,4-8H2. The number of hydrogen-bond acceptors (Lipinski definition) is 5. The van der Waals surface area contributed by atoms with Crippen LogP contribution in [0.3, 0.4) is 0 Å². The van der Waals surface area contributed by atoms with Crippen molar-refractivity contribution in [1.29, 1.82) is 0 Å². The van der Waals surface area contributed by atoms with Gasteiger partial charge in [0.25, 0.3) is 0 Å². The van der Waals surface area contributed by atoms with Gasteiger partial charge in [-0.05, 0) is 12.1 Å². The molecule has 0 amide bonds. The Bertz CT molecular complexity index is 640. The largest absolute Gasteiger partial charge is 0.387 e. The molecule has 0 fully saturated rings. The van der Waals surface area contributed by atoms with Crippen molar-refractivity contribution in [3.8, 4) is 0 Å². The highest BCUT2D eigenvalue weighted by atomic mass is 19.1. The lowest BCUT2D eigenvalue weighted by atomic mass is 10.1. The van der Waals surface area contributed by atoms with Crippen LogP contribution in [-0.4, -0.2) is 23.4 Å². The van der Waals surface area contributed by atoms with Crippen LogP contribution in [0.15, 0.2) is 22.7 Å². The number of halogens is 2. The molecule has 1 unspecified atom stereocenters. The zero-order valence-corrected chi connectivity index (χ0v) is 11.8. The van der Waals surface area contributed by atoms with Gasteiger partial charge in [0.05, 0.1) is 24.9 Å². The molecular formula is C15H16F2N2O3. The van der Waals surface area contributed by atoms with E-state index in [0.29, 0.717) is 31.9 Å². The molecule has 1 atom stereocenters. The van der Waals surface area contributed by atoms with E-state index < -0.39 is 17.7 Å². The SMILES string of the molecule is OC(CNCc1noc2c1COCC2)c1c(F)cccc1F. The van der Waals surface area contributed by atoms with Crippen molar-refractivity contribution in [2.24, 2.45) is 0 Å². The van der Waals surface area contributed by atoms with E-state index in [1.807, 2.05) is 0 Å². The highest BCUT2D eigenvalue weighted by Gasteiger charge is 2.21. The second-order valence-corrected chi connectivity index (χ2v) is 5.12. The van der Waals surface area contributed by atoms with Crippen molar-refractivity contribution < 1.29 is 23.1 Å². The molecular weight excluding hydrogens is 294 g/mol. The van der Waals surface area contributed by atoms with Crippen molar-refractivity contribution in [3.63, 3.8) is 0 Å². The molecule has 0 aliphatic carbocycles. The van der Waals surface area contributed by atoms with Gasteiger partial charge in [-0.3, -0.25) is 0 Å². The summed E-state index contributed by atoms with van der Waals surface area (Å²) in [6, 6.07) is 3.50. The fourth-order valence-electron chi connectivity index (χ4n) is 2.48. The fourth-order valence-corrected chi connectivity index (χ4v) is 2.48. The van der Waals surface area contributed by atoms with Gasteiger partial charge in [0.15, 0.2) is 0 Å². The molecule has 0 bridgehead atoms. The minimum absolute atomic E-state index is 0.000341. The van der Waals surface area contributed by atoms with Crippen LogP contribution in [0.5, 0.6) is 0 Å². The topological polar surface area (TPSA) is 67.5 Å². The van der Waals surface area contributed by atoms with E-state index in [1.54, 1.807) is 0 Å². The zero-order valence-electron chi connectivity index (χ0n) is 11.8. The number of benzene rings is 1. The highest BCUT2D eigenvalue weighted by Crippen LogP contribution is 2.22. The van der Waals surface area contributed by atoms with E-state index in [2.05, 4.69) is 10.5 Å². The summed E-state index contributed by atoms with van der Waals surface area (Å²) >= 11 is 0. The second kappa shape index (κ2) is 6.51. The van der Waals surface area contributed by atoms with E-state index in [-0.39, 0.29) is 12.1 Å². The molecule has 22 heavy (non-hydrogen) atoms. The fraction of sp³-hybridized carbons (Fsp3) is 0.400. The predicted octanol–water partition coefficient (Wildman–Crippen LogP) is 1.85. The van der Waals surface area contributed by atoms with Crippen LogP contribution in [0.4, 0.5) is 8.78 Å². The maximum atomic E-state index is 13.6. The number of fused-ring (bicyclic) bond motifs is 1. The molecule has 5 nitrogen and oxygen atoms in total. The maximum absolute atomic E-state index is 13.6. The molecule has 1 aliphatic rings. The van der Waals surface area contributed by atoms with E-state index in [4.69, 9.17) is 9.26 Å². The summed E-state index contributed by atoms with van der Waals surface area (Å²) < 4.78 is 37.7. The number of aliphatic hydroxyl groups excluding tert-OH is 1. The van der Waals surface area contributed by atoms with E-state index in [9.17, 15) is 13.9 Å². The van der Waals surface area contributed by atoms with Crippen molar-refractivity contribution >= 4 is 0 Å². The molecule has 1 aromatic carbocycles. The predicted molar refractivity (Wildman–Crippen MR) is 72.9 cm³/mol. The van der Waals surface area contributed by atoms with Crippen LogP contribution in [0.25, 0.3) is 0 Å². The highest BCUT2D eigenvalue weighted by molar-refractivity contribution is 5.24. The molecule has 1 aromatic heterocycles. The van der Waals surface area contributed by atoms with Crippen LogP contribution in [0.2, 0.25) is 0 Å². The first-order valence-electron chi connectivity index (χ1n) is 7.03. The zero-order chi connectivity index (χ0) is 15.5. The molecule has 0 radical (unpaired) electrons. The Labute approximate surface area is 125 Å². The average molecular weight is 310 g/mol. The van der Waals surface area contributed by atoms with Crippen LogP contribution in [-0.2, 0) is 24.3 Å². The van der Waals surface area contributed by atoms with Crippen molar-refractivity contribution in [2.45, 2.75) is 25.7 Å². The first kappa shape index (κ1) is 15.1. The third kappa shape index (κ3) is 3.01. The lowest BCUT2D eigenvalue weighted by Gasteiger charge is -2.14. The normalized spacial score (nSPS) is 15.6. The molecule has 0 saturated heterocycles. The van der Waals surface area contributed by atoms with Gasteiger partial charge in [0, 0.05) is 25.1 Å². The molecule has 2 N–H and O–H groups in total. The Hall–Kier alpha value is -1.83. The van der Waals surface area contributed by atoms with E-state index in [1.165, 1.54) is 6.07 Å². The van der Waals surface area contributed by atoms with Gasteiger partial charge in [-0.2, -0.15) is 0 Å². The molecule has 2 heterocycles. The molecule has 7 heteroatoms. The first-order valence-corrected chi connectivity index (χ1v) is 7.03. The summed E-state index contributed by atoms with van der Waals surface area (Å²) in [6.45, 7) is 1.39. The van der Waals surface area contributed by atoms with Gasteiger partial charge < -0.3 is 19.7 Å². The Morgan fingerprint density at radius 2 is 2.09 bits per heavy atom. The molecule has 1 aliphatic heterocycles. The van der Waals surface area contributed by atoms with Gasteiger partial charge in [0.2, 0.25) is 0 Å². The number of aromatic nitrogens is 1. The van der Waals surface area contributed by atoms with Crippen LogP contribution in [0, 0.1) is 11.6 Å². The number of nitrogens with zero attached hydrogens (tertiary/aromatic N) is 1. The lowest BCUT2D eigenvalue weighted by Crippen LogP contribution is -2.23. The van der Waals surface area contributed by atoms with Gasteiger partial charge in [-0.1, -0.05) is 11.2 Å². The average Bonchev–Trinajstić information content (AvgIpc) is 2.91. The minimum Gasteiger partial charge on any atom is -0.387 e. The third-order valence-electron chi connectivity index (χ3n) is 3.63. The Morgan fingerprint density at radius 1 is 1.32 bits per heavy atom. The molecule has 2 aromatic rings. The quantitative estimate of drug-likeness (QED) is 0.882. The van der Waals surface area contributed by atoms with Crippen molar-refractivity contribution in [1.82, 2.24) is 10.5 Å². The Morgan fingerprint density at radius 3 is 2.86 bits per heavy atom. The lowest BCUT2D eigenvalue weighted by molar-refractivity contribution is 0.102. The summed E-state index contributed by atoms with van der Waals surface area (Å²) in [6.07, 6.45) is -0.592. The molecule has 0 saturated carbocycles. The third-order valence-corrected chi connectivity index (χ3v) is 3.63. The van der Waals surface area contributed by atoms with Crippen molar-refractivity contribution in [3.05, 3.63) is 52.4 Å². The number of nitrogens with one attached hydrogen (secondary N) is 1. The van der Waals surface area contributed by atoms with Crippen LogP contribution in [0.1, 0.15) is 28.7 Å². The summed E-state index contributed by atoms with van der Waals surface area (Å²) in [5.74, 6) is -0.716. The van der Waals surface area contributed by atoms with E-state index >= 15 is 0 Å². The molecule has 3 rings (SSSR count). The first-order chi connectivity index (χ1) is 10.7. The monoisotopic (exact) mass is 310 g/mol. The summed E-state index contributed by atoms with van der Waals surface area (Å²) in [5, 5.41) is 16.8. The van der Waals surface area contributed by atoms with E-state index in [0.717, 1.165) is 23.5 Å². The van der Waals surface area contributed by atoms with Gasteiger partial charge in [-0.25, -0.2) is 8.78 Å². The number of ether oxygens (including phenoxy) is 1.